The summed E-state index contributed by atoms with van der Waals surface area (Å²) >= 11 is 0. The largest absolute Gasteiger partial charge is 0.357 e. The van der Waals surface area contributed by atoms with E-state index in [1.165, 1.54) is 5.56 Å². The van der Waals surface area contributed by atoms with Crippen molar-refractivity contribution < 1.29 is 4.79 Å². The van der Waals surface area contributed by atoms with Gasteiger partial charge >= 0.3 is 0 Å². The first-order valence-corrected chi connectivity index (χ1v) is 6.35. The highest BCUT2D eigenvalue weighted by molar-refractivity contribution is 5.76. The minimum absolute atomic E-state index is 0.203. The Kier molecular flexibility index (Phi) is 4.20. The molecule has 0 unspecified atom stereocenters. The quantitative estimate of drug-likeness (QED) is 0.697. The maximum Gasteiger partial charge on any atom is 0.220 e. The predicted molar refractivity (Wildman–Crippen MR) is 67.5 cm³/mol. The van der Waals surface area contributed by atoms with Gasteiger partial charge in [0.25, 0.3) is 0 Å². The summed E-state index contributed by atoms with van der Waals surface area (Å²) < 4.78 is 2.04. The van der Waals surface area contributed by atoms with E-state index in [2.05, 4.69) is 22.9 Å². The molecule has 1 aliphatic carbocycles. The van der Waals surface area contributed by atoms with Gasteiger partial charge < -0.3 is 15.2 Å². The van der Waals surface area contributed by atoms with Crippen molar-refractivity contribution in [3.8, 4) is 0 Å². The van der Waals surface area contributed by atoms with Crippen LogP contribution in [0.25, 0.3) is 0 Å². The van der Waals surface area contributed by atoms with Gasteiger partial charge in [-0.05, 0) is 37.4 Å². The number of carbonyl (C=O) groups excluding carboxylic acids is 1. The van der Waals surface area contributed by atoms with Gasteiger partial charge in [-0.2, -0.15) is 0 Å². The highest BCUT2D eigenvalue weighted by Gasteiger charge is 2.22. The fourth-order valence-electron chi connectivity index (χ4n) is 1.80. The van der Waals surface area contributed by atoms with E-state index in [0.717, 1.165) is 32.4 Å². The van der Waals surface area contributed by atoms with Gasteiger partial charge in [0.2, 0.25) is 5.91 Å². The van der Waals surface area contributed by atoms with Crippen LogP contribution in [-0.2, 0) is 18.4 Å². The SMILES string of the molecule is Cn1ccc(CNCCCC(=O)NC2CC2)c1. The molecule has 0 bridgehead atoms. The molecule has 94 valence electrons. The van der Waals surface area contributed by atoms with Crippen molar-refractivity contribution in [3.05, 3.63) is 24.0 Å². The molecule has 0 radical (unpaired) electrons. The standard InChI is InChI=1S/C13H21N3O/c1-16-8-6-11(10-16)9-14-7-2-3-13(17)15-12-4-5-12/h6,8,10,12,14H,2-5,7,9H2,1H3,(H,15,17). The third kappa shape index (κ3) is 4.61. The zero-order valence-electron chi connectivity index (χ0n) is 10.4. The molecular formula is C13H21N3O. The molecule has 0 spiro atoms. The number of hydrogen-bond donors (Lipinski definition) is 2. The summed E-state index contributed by atoms with van der Waals surface area (Å²) in [4.78, 5) is 11.4. The second kappa shape index (κ2) is 5.87. The predicted octanol–water partition coefficient (Wildman–Crippen LogP) is 1.17. The molecule has 1 fully saturated rings. The Morgan fingerprint density at radius 1 is 1.53 bits per heavy atom. The molecule has 0 aliphatic heterocycles. The molecule has 1 aromatic rings. The van der Waals surface area contributed by atoms with Crippen molar-refractivity contribution in [2.75, 3.05) is 6.54 Å². The summed E-state index contributed by atoms with van der Waals surface area (Å²) in [6.45, 7) is 1.78. The zero-order chi connectivity index (χ0) is 12.1. The minimum atomic E-state index is 0.203. The second-order valence-electron chi connectivity index (χ2n) is 4.81. The van der Waals surface area contributed by atoms with Crippen molar-refractivity contribution in [1.82, 2.24) is 15.2 Å². The molecular weight excluding hydrogens is 214 g/mol. The van der Waals surface area contributed by atoms with Crippen LogP contribution < -0.4 is 10.6 Å². The number of nitrogens with zero attached hydrogens (tertiary/aromatic N) is 1. The Labute approximate surface area is 102 Å². The van der Waals surface area contributed by atoms with E-state index >= 15 is 0 Å². The van der Waals surface area contributed by atoms with Gasteiger partial charge in [-0.3, -0.25) is 4.79 Å². The van der Waals surface area contributed by atoms with Gasteiger partial charge in [-0.1, -0.05) is 0 Å². The number of amides is 1. The molecule has 0 aromatic carbocycles. The third-order valence-electron chi connectivity index (χ3n) is 2.92. The molecule has 0 atom stereocenters. The summed E-state index contributed by atoms with van der Waals surface area (Å²) in [5.74, 6) is 0.203. The molecule has 17 heavy (non-hydrogen) atoms. The molecule has 4 nitrogen and oxygen atoms in total. The number of carbonyl (C=O) groups is 1. The van der Waals surface area contributed by atoms with Gasteiger partial charge in [0.15, 0.2) is 0 Å². The maximum atomic E-state index is 11.4. The van der Waals surface area contributed by atoms with Crippen LogP contribution in [0, 0.1) is 0 Å². The molecule has 1 amide bonds. The molecule has 1 aliphatic rings. The topological polar surface area (TPSA) is 46.1 Å². The van der Waals surface area contributed by atoms with Crippen LogP contribution >= 0.6 is 0 Å². The van der Waals surface area contributed by atoms with Crippen LogP contribution in [0.2, 0.25) is 0 Å². The number of nitrogens with one attached hydrogen (secondary N) is 2. The molecule has 1 aromatic heterocycles. The zero-order valence-corrected chi connectivity index (χ0v) is 10.4. The molecule has 1 heterocycles. The van der Waals surface area contributed by atoms with Gasteiger partial charge in [0, 0.05) is 38.4 Å². The van der Waals surface area contributed by atoms with Crippen molar-refractivity contribution in [3.63, 3.8) is 0 Å². The average molecular weight is 235 g/mol. The Hall–Kier alpha value is -1.29. The monoisotopic (exact) mass is 235 g/mol. The Morgan fingerprint density at radius 2 is 2.35 bits per heavy atom. The van der Waals surface area contributed by atoms with Gasteiger partial charge in [-0.15, -0.1) is 0 Å². The Morgan fingerprint density at radius 3 is 3.00 bits per heavy atom. The van der Waals surface area contributed by atoms with Crippen LogP contribution in [0.3, 0.4) is 0 Å². The van der Waals surface area contributed by atoms with E-state index in [1.54, 1.807) is 0 Å². The van der Waals surface area contributed by atoms with E-state index in [9.17, 15) is 4.79 Å². The average Bonchev–Trinajstić information content (AvgIpc) is 3.00. The van der Waals surface area contributed by atoms with E-state index < -0.39 is 0 Å². The lowest BCUT2D eigenvalue weighted by molar-refractivity contribution is -0.121. The van der Waals surface area contributed by atoms with Crippen molar-refractivity contribution in [1.29, 1.82) is 0 Å². The first-order chi connectivity index (χ1) is 8.24. The third-order valence-corrected chi connectivity index (χ3v) is 2.92. The number of aryl methyl sites for hydroxylation is 1. The van der Waals surface area contributed by atoms with Crippen LogP contribution in [0.15, 0.2) is 18.5 Å². The molecule has 2 rings (SSSR count). The van der Waals surface area contributed by atoms with E-state index in [0.29, 0.717) is 12.5 Å². The summed E-state index contributed by atoms with van der Waals surface area (Å²) in [6, 6.07) is 2.59. The molecule has 2 N–H and O–H groups in total. The summed E-state index contributed by atoms with van der Waals surface area (Å²) in [5, 5.41) is 6.34. The van der Waals surface area contributed by atoms with Gasteiger partial charge in [0.05, 0.1) is 0 Å². The normalized spacial score (nSPS) is 14.9. The number of rotatable bonds is 7. The van der Waals surface area contributed by atoms with Crippen molar-refractivity contribution in [2.45, 2.75) is 38.3 Å². The molecule has 0 saturated heterocycles. The first kappa shape index (κ1) is 12.2. The smallest absolute Gasteiger partial charge is 0.220 e. The van der Waals surface area contributed by atoms with Crippen LogP contribution in [0.4, 0.5) is 0 Å². The van der Waals surface area contributed by atoms with Gasteiger partial charge in [-0.25, -0.2) is 0 Å². The van der Waals surface area contributed by atoms with Crippen LogP contribution in [0.1, 0.15) is 31.2 Å². The molecule has 1 saturated carbocycles. The van der Waals surface area contributed by atoms with E-state index in [1.807, 2.05) is 17.8 Å². The highest BCUT2D eigenvalue weighted by Crippen LogP contribution is 2.18. The fraction of sp³-hybridized carbons (Fsp3) is 0.615. The number of aromatic nitrogens is 1. The summed E-state index contributed by atoms with van der Waals surface area (Å²) in [6.07, 6.45) is 8.02. The fourth-order valence-corrected chi connectivity index (χ4v) is 1.80. The van der Waals surface area contributed by atoms with E-state index in [-0.39, 0.29) is 5.91 Å². The molecule has 4 heteroatoms. The van der Waals surface area contributed by atoms with Crippen molar-refractivity contribution in [2.24, 2.45) is 7.05 Å². The lowest BCUT2D eigenvalue weighted by Crippen LogP contribution is -2.26. The summed E-state index contributed by atoms with van der Waals surface area (Å²) in [5.41, 5.74) is 1.29. The maximum absolute atomic E-state index is 11.4. The van der Waals surface area contributed by atoms with Crippen LogP contribution in [0.5, 0.6) is 0 Å². The highest BCUT2D eigenvalue weighted by atomic mass is 16.1. The summed E-state index contributed by atoms with van der Waals surface area (Å²) in [7, 11) is 2.02. The van der Waals surface area contributed by atoms with E-state index in [4.69, 9.17) is 0 Å². The lowest BCUT2D eigenvalue weighted by atomic mass is 10.2. The first-order valence-electron chi connectivity index (χ1n) is 6.35. The minimum Gasteiger partial charge on any atom is -0.357 e. The van der Waals surface area contributed by atoms with Crippen LogP contribution in [-0.4, -0.2) is 23.1 Å². The Balaban J connectivity index is 1.49. The lowest BCUT2D eigenvalue weighted by Gasteiger charge is -2.04. The van der Waals surface area contributed by atoms with Crippen molar-refractivity contribution >= 4 is 5.91 Å². The second-order valence-corrected chi connectivity index (χ2v) is 4.81. The van der Waals surface area contributed by atoms with Gasteiger partial charge in [0.1, 0.15) is 0 Å². The Bertz CT molecular complexity index is 368. The number of hydrogen-bond acceptors (Lipinski definition) is 2.